The molecule has 5 nitrogen and oxygen atoms in total. The van der Waals surface area contributed by atoms with Gasteiger partial charge in [-0.25, -0.2) is 12.8 Å². The topological polar surface area (TPSA) is 66.8 Å². The van der Waals surface area contributed by atoms with Gasteiger partial charge in [0.05, 0.1) is 10.6 Å². The number of rotatable bonds is 6. The van der Waals surface area contributed by atoms with Gasteiger partial charge in [-0.1, -0.05) is 34.1 Å². The van der Waals surface area contributed by atoms with Crippen molar-refractivity contribution in [2.75, 3.05) is 19.3 Å². The van der Waals surface area contributed by atoms with Crippen LogP contribution in [0.4, 0.5) is 4.39 Å². The zero-order chi connectivity index (χ0) is 20.4. The number of aliphatic imine (C=N–C) groups is 1. The minimum absolute atomic E-state index is 0.0412. The Kier molecular flexibility index (Phi) is 6.00. The Bertz CT molecular complexity index is 1010. The molecule has 2 aromatic carbocycles. The smallest absolute Gasteiger partial charge is 0.250 e. The molecule has 0 spiro atoms. The summed E-state index contributed by atoms with van der Waals surface area (Å²) >= 11 is 3.28. The van der Waals surface area contributed by atoms with Gasteiger partial charge in [-0.15, -0.1) is 0 Å². The number of likely N-dealkylation sites (N-methyl/N-ethyl adjacent to an activating group) is 1. The first-order chi connectivity index (χ1) is 13.2. The third-order valence-corrected chi connectivity index (χ3v) is 7.13. The summed E-state index contributed by atoms with van der Waals surface area (Å²) in [6.07, 6.45) is 1.75. The first-order valence-electron chi connectivity index (χ1n) is 8.77. The largest absolute Gasteiger partial charge is 0.344 e. The van der Waals surface area contributed by atoms with E-state index in [4.69, 9.17) is 0 Å². The minimum atomic E-state index is -3.55. The summed E-state index contributed by atoms with van der Waals surface area (Å²) in [6.45, 7) is 0.475. The predicted molar refractivity (Wildman–Crippen MR) is 110 cm³/mol. The Hall–Kier alpha value is -2.06. The zero-order valence-corrected chi connectivity index (χ0v) is 17.7. The van der Waals surface area contributed by atoms with Crippen molar-refractivity contribution in [2.24, 2.45) is 4.99 Å². The summed E-state index contributed by atoms with van der Waals surface area (Å²) in [5, 5.41) is 0. The summed E-state index contributed by atoms with van der Waals surface area (Å²) in [6, 6.07) is 12.6. The van der Waals surface area contributed by atoms with E-state index in [1.165, 1.54) is 29.3 Å². The molecule has 1 atom stereocenters. The lowest BCUT2D eigenvalue weighted by Gasteiger charge is -2.22. The van der Waals surface area contributed by atoms with Crippen molar-refractivity contribution < 1.29 is 17.6 Å². The molecule has 0 aromatic heterocycles. The molecule has 3 rings (SSSR count). The highest BCUT2D eigenvalue weighted by Gasteiger charge is 2.45. The first-order valence-corrected chi connectivity index (χ1v) is 11.2. The van der Waals surface area contributed by atoms with Crippen LogP contribution in [0.1, 0.15) is 18.4 Å². The summed E-state index contributed by atoms with van der Waals surface area (Å²) in [5.41, 5.74) is -0.965. The zero-order valence-electron chi connectivity index (χ0n) is 15.3. The van der Waals surface area contributed by atoms with E-state index in [1.54, 1.807) is 37.4 Å². The van der Waals surface area contributed by atoms with Crippen LogP contribution in [0.5, 0.6) is 0 Å². The van der Waals surface area contributed by atoms with Crippen LogP contribution in [0.3, 0.4) is 0 Å². The molecule has 0 bridgehead atoms. The number of hydrogen-bond donors (Lipinski definition) is 0. The van der Waals surface area contributed by atoms with E-state index >= 15 is 0 Å². The highest BCUT2D eigenvalue weighted by molar-refractivity contribution is 9.10. The molecule has 28 heavy (non-hydrogen) atoms. The lowest BCUT2D eigenvalue weighted by molar-refractivity contribution is -0.130. The van der Waals surface area contributed by atoms with Gasteiger partial charge in [0.2, 0.25) is 5.91 Å². The molecule has 1 heterocycles. The van der Waals surface area contributed by atoms with Crippen LogP contribution in [-0.2, 0) is 14.6 Å². The summed E-state index contributed by atoms with van der Waals surface area (Å²) in [5.74, 6) is -0.922. The van der Waals surface area contributed by atoms with Crippen LogP contribution in [-0.4, -0.2) is 50.3 Å². The second-order valence-electron chi connectivity index (χ2n) is 6.81. The second-order valence-corrected chi connectivity index (χ2v) is 9.84. The molecule has 1 aliphatic rings. The molecule has 1 unspecified atom stereocenters. The molecule has 148 valence electrons. The average Bonchev–Trinajstić information content (AvgIpc) is 2.97. The third kappa shape index (κ3) is 4.33. The number of halogens is 2. The lowest BCUT2D eigenvalue weighted by atomic mass is 9.95. The molecule has 2 aromatic rings. The van der Waals surface area contributed by atoms with E-state index in [0.29, 0.717) is 17.4 Å². The molecular weight excluding hydrogens is 447 g/mol. The number of benzene rings is 2. The van der Waals surface area contributed by atoms with Crippen molar-refractivity contribution in [3.05, 3.63) is 64.4 Å². The maximum Gasteiger partial charge on any atom is 0.250 e. The van der Waals surface area contributed by atoms with Crippen LogP contribution in [0.15, 0.2) is 62.9 Å². The highest BCUT2D eigenvalue weighted by atomic mass is 79.9. The van der Waals surface area contributed by atoms with Crippen molar-refractivity contribution in [1.29, 1.82) is 0 Å². The fraction of sp³-hybridized carbons (Fsp3) is 0.300. The molecule has 0 saturated carbocycles. The molecular formula is C20H20BrFN2O3S. The van der Waals surface area contributed by atoms with E-state index in [0.717, 1.165) is 0 Å². The fourth-order valence-corrected chi connectivity index (χ4v) is 4.98. The van der Waals surface area contributed by atoms with E-state index in [1.807, 2.05) is 0 Å². The van der Waals surface area contributed by atoms with Crippen LogP contribution in [0.2, 0.25) is 0 Å². The first kappa shape index (κ1) is 20.7. The van der Waals surface area contributed by atoms with Gasteiger partial charge in [-0.2, -0.15) is 0 Å². The summed E-state index contributed by atoms with van der Waals surface area (Å²) in [4.78, 5) is 18.9. The van der Waals surface area contributed by atoms with Gasteiger partial charge < -0.3 is 4.90 Å². The van der Waals surface area contributed by atoms with E-state index in [-0.39, 0.29) is 28.5 Å². The second kappa shape index (κ2) is 8.13. The quantitative estimate of drug-likeness (QED) is 0.612. The summed E-state index contributed by atoms with van der Waals surface area (Å²) in [7, 11) is -1.89. The van der Waals surface area contributed by atoms with E-state index in [9.17, 15) is 17.6 Å². The fourth-order valence-electron chi connectivity index (χ4n) is 3.19. The van der Waals surface area contributed by atoms with Gasteiger partial charge in [0, 0.05) is 29.8 Å². The Morgan fingerprint density at radius 3 is 2.61 bits per heavy atom. The van der Waals surface area contributed by atoms with Crippen molar-refractivity contribution in [3.63, 3.8) is 0 Å². The molecule has 0 aliphatic carbocycles. The Labute approximate surface area is 172 Å². The monoisotopic (exact) mass is 466 g/mol. The van der Waals surface area contributed by atoms with Crippen molar-refractivity contribution in [3.8, 4) is 0 Å². The van der Waals surface area contributed by atoms with E-state index in [2.05, 4.69) is 20.9 Å². The van der Waals surface area contributed by atoms with Crippen LogP contribution < -0.4 is 0 Å². The van der Waals surface area contributed by atoms with Gasteiger partial charge in [-0.3, -0.25) is 9.79 Å². The minimum Gasteiger partial charge on any atom is -0.344 e. The average molecular weight is 467 g/mol. The molecule has 8 heteroatoms. The van der Waals surface area contributed by atoms with Crippen molar-refractivity contribution in [1.82, 2.24) is 4.90 Å². The number of sulfone groups is 1. The third-order valence-electron chi connectivity index (χ3n) is 4.90. The van der Waals surface area contributed by atoms with Gasteiger partial charge >= 0.3 is 0 Å². The van der Waals surface area contributed by atoms with Crippen LogP contribution in [0, 0.1) is 5.82 Å². The standard InChI is InChI=1S/C20H20BrFN2O3S/c1-24-11-9-20(19(24)25,23-14-15-13-16(21)7-8-18(15)22)10-12-28(26,27)17-5-3-2-4-6-17/h2-8,13-14H,9-12H2,1H3. The highest BCUT2D eigenvalue weighted by Crippen LogP contribution is 2.31. The van der Waals surface area contributed by atoms with Gasteiger partial charge in [0.1, 0.15) is 11.4 Å². The Balaban J connectivity index is 1.88. The van der Waals surface area contributed by atoms with Crippen LogP contribution >= 0.6 is 15.9 Å². The maximum absolute atomic E-state index is 14.0. The number of carbonyl (C=O) groups excluding carboxylic acids is 1. The van der Waals surface area contributed by atoms with Crippen LogP contribution in [0.25, 0.3) is 0 Å². The number of nitrogens with zero attached hydrogens (tertiary/aromatic N) is 2. The molecule has 1 amide bonds. The predicted octanol–water partition coefficient (Wildman–Crippen LogP) is 3.47. The van der Waals surface area contributed by atoms with Gasteiger partial charge in [0.25, 0.3) is 0 Å². The molecule has 1 fully saturated rings. The van der Waals surface area contributed by atoms with Gasteiger partial charge in [0.15, 0.2) is 9.84 Å². The Morgan fingerprint density at radius 2 is 1.96 bits per heavy atom. The number of carbonyl (C=O) groups is 1. The maximum atomic E-state index is 14.0. The number of hydrogen-bond acceptors (Lipinski definition) is 4. The molecule has 1 saturated heterocycles. The number of amides is 1. The lowest BCUT2D eigenvalue weighted by Crippen LogP contribution is -2.39. The van der Waals surface area contributed by atoms with Crippen molar-refractivity contribution in [2.45, 2.75) is 23.3 Å². The molecule has 0 radical (unpaired) electrons. The SMILES string of the molecule is CN1CCC(CCS(=O)(=O)c2ccccc2)(N=Cc2cc(Br)ccc2F)C1=O. The Morgan fingerprint density at radius 1 is 1.25 bits per heavy atom. The molecule has 1 aliphatic heterocycles. The van der Waals surface area contributed by atoms with E-state index < -0.39 is 21.2 Å². The van der Waals surface area contributed by atoms with Crippen molar-refractivity contribution >= 4 is 37.9 Å². The normalized spacial score (nSPS) is 20.2. The molecule has 0 N–H and O–H groups in total. The summed E-state index contributed by atoms with van der Waals surface area (Å²) < 4.78 is 40.0. The van der Waals surface area contributed by atoms with Gasteiger partial charge in [-0.05, 0) is 43.2 Å². The number of likely N-dealkylation sites (tertiary alicyclic amines) is 1.